The second-order valence-corrected chi connectivity index (χ2v) is 5.86. The number of ether oxygens (including phenoxy) is 1. The Bertz CT molecular complexity index is 618. The average Bonchev–Trinajstić information content (AvgIpc) is 2.58. The molecule has 9 heteroatoms. The first kappa shape index (κ1) is 21.8. The first-order valence-electron chi connectivity index (χ1n) is 8.06. The molecule has 6 nitrogen and oxygen atoms in total. The van der Waals surface area contributed by atoms with Crippen LogP contribution in [0.1, 0.15) is 24.1 Å². The Morgan fingerprint density at radius 1 is 1.35 bits per heavy atom. The summed E-state index contributed by atoms with van der Waals surface area (Å²) in [7, 11) is 4.79. The summed E-state index contributed by atoms with van der Waals surface area (Å²) in [6.45, 7) is 2.50. The minimum atomic E-state index is -4.40. The molecular weight excluding hydrogens is 349 g/mol. The van der Waals surface area contributed by atoms with Gasteiger partial charge in [-0.25, -0.2) is 4.99 Å². The van der Waals surface area contributed by atoms with Crippen molar-refractivity contribution in [3.63, 3.8) is 0 Å². The first-order valence-corrected chi connectivity index (χ1v) is 8.06. The predicted molar refractivity (Wildman–Crippen MR) is 93.9 cm³/mol. The smallest absolute Gasteiger partial charge is 0.383 e. The number of methoxy groups -OCH3 is 1. The summed E-state index contributed by atoms with van der Waals surface area (Å²) in [5, 5.41) is 5.99. The van der Waals surface area contributed by atoms with Crippen LogP contribution in [0.5, 0.6) is 0 Å². The molecule has 1 rings (SSSR count). The normalized spacial score (nSPS) is 13.3. The summed E-state index contributed by atoms with van der Waals surface area (Å²) in [5.41, 5.74) is -0.253. The maximum atomic E-state index is 12.9. The number of nitrogens with zero attached hydrogens (tertiary/aromatic N) is 2. The van der Waals surface area contributed by atoms with Crippen LogP contribution in [0.25, 0.3) is 0 Å². The number of benzene rings is 1. The molecule has 2 N–H and O–H groups in total. The lowest BCUT2D eigenvalue weighted by atomic mass is 10.1. The summed E-state index contributed by atoms with van der Waals surface area (Å²) < 4.78 is 43.6. The Morgan fingerprint density at radius 2 is 2.04 bits per heavy atom. The standard InChI is InChI=1S/C17H25F3N4O2/c1-12(13-6-5-7-14(10-13)17(18,19)20)23-16(21-8-9-26-4)22-11-15(25)24(2)3/h5-7,10,12H,8-9,11H2,1-4H3,(H2,21,22,23). The summed E-state index contributed by atoms with van der Waals surface area (Å²) >= 11 is 0. The minimum Gasteiger partial charge on any atom is -0.383 e. The van der Waals surface area contributed by atoms with Crippen molar-refractivity contribution >= 4 is 11.9 Å². The maximum absolute atomic E-state index is 12.9. The molecule has 1 unspecified atom stereocenters. The first-order chi connectivity index (χ1) is 12.1. The van der Waals surface area contributed by atoms with Crippen LogP contribution >= 0.6 is 0 Å². The van der Waals surface area contributed by atoms with Crippen LogP contribution in [0.3, 0.4) is 0 Å². The number of rotatable bonds is 7. The Labute approximate surface area is 151 Å². The average molecular weight is 374 g/mol. The topological polar surface area (TPSA) is 66.0 Å². The third kappa shape index (κ3) is 7.30. The third-order valence-electron chi connectivity index (χ3n) is 3.54. The van der Waals surface area contributed by atoms with Crippen molar-refractivity contribution in [2.45, 2.75) is 19.1 Å². The minimum absolute atomic E-state index is 0.0787. The monoisotopic (exact) mass is 374 g/mol. The van der Waals surface area contributed by atoms with Crippen molar-refractivity contribution in [1.29, 1.82) is 0 Å². The molecule has 0 aromatic heterocycles. The molecule has 1 atom stereocenters. The second kappa shape index (κ2) is 10.0. The number of likely N-dealkylation sites (N-methyl/N-ethyl adjacent to an activating group) is 1. The van der Waals surface area contributed by atoms with E-state index in [0.29, 0.717) is 24.7 Å². The summed E-state index contributed by atoms with van der Waals surface area (Å²) in [6.07, 6.45) is -4.40. The largest absolute Gasteiger partial charge is 0.416 e. The Kier molecular flexibility index (Phi) is 8.37. The van der Waals surface area contributed by atoms with E-state index in [0.717, 1.165) is 12.1 Å². The molecule has 146 valence electrons. The molecule has 0 heterocycles. The van der Waals surface area contributed by atoms with Crippen LogP contribution in [0.2, 0.25) is 0 Å². The van der Waals surface area contributed by atoms with Gasteiger partial charge < -0.3 is 20.3 Å². The third-order valence-corrected chi connectivity index (χ3v) is 3.54. The van der Waals surface area contributed by atoms with Crippen LogP contribution in [0.4, 0.5) is 13.2 Å². The fourth-order valence-corrected chi connectivity index (χ4v) is 1.98. The summed E-state index contributed by atoms with van der Waals surface area (Å²) in [4.78, 5) is 17.3. The molecule has 0 aliphatic rings. The van der Waals surface area contributed by atoms with E-state index < -0.39 is 17.8 Å². The molecule has 1 aromatic rings. The fourth-order valence-electron chi connectivity index (χ4n) is 1.98. The van der Waals surface area contributed by atoms with Gasteiger partial charge in [0.25, 0.3) is 0 Å². The number of carbonyl (C=O) groups excluding carboxylic acids is 1. The molecule has 0 aliphatic heterocycles. The molecule has 0 saturated heterocycles. The van der Waals surface area contributed by atoms with E-state index >= 15 is 0 Å². The quantitative estimate of drug-likeness (QED) is 0.436. The molecule has 0 bridgehead atoms. The van der Waals surface area contributed by atoms with E-state index in [1.165, 1.54) is 11.0 Å². The molecule has 0 aliphatic carbocycles. The maximum Gasteiger partial charge on any atom is 0.416 e. The van der Waals surface area contributed by atoms with Gasteiger partial charge in [-0.3, -0.25) is 4.79 Å². The number of carbonyl (C=O) groups is 1. The molecule has 0 fully saturated rings. The zero-order valence-corrected chi connectivity index (χ0v) is 15.4. The van der Waals surface area contributed by atoms with E-state index in [-0.39, 0.29) is 12.5 Å². The highest BCUT2D eigenvalue weighted by Gasteiger charge is 2.30. The van der Waals surface area contributed by atoms with Crippen LogP contribution in [-0.4, -0.2) is 57.7 Å². The molecule has 0 saturated carbocycles. The van der Waals surface area contributed by atoms with Gasteiger partial charge in [0.15, 0.2) is 5.96 Å². The second-order valence-electron chi connectivity index (χ2n) is 5.86. The number of halogens is 3. The Morgan fingerprint density at radius 3 is 2.62 bits per heavy atom. The summed E-state index contributed by atoms with van der Waals surface area (Å²) in [5.74, 6) is 0.131. The van der Waals surface area contributed by atoms with E-state index in [4.69, 9.17) is 4.74 Å². The number of hydrogen-bond acceptors (Lipinski definition) is 3. The molecular formula is C17H25F3N4O2. The highest BCUT2D eigenvalue weighted by atomic mass is 19.4. The van der Waals surface area contributed by atoms with Crippen molar-refractivity contribution in [2.75, 3.05) is 40.9 Å². The van der Waals surface area contributed by atoms with Crippen LogP contribution in [0.15, 0.2) is 29.3 Å². The van der Waals surface area contributed by atoms with Gasteiger partial charge in [0, 0.05) is 27.7 Å². The van der Waals surface area contributed by atoms with Gasteiger partial charge in [-0.05, 0) is 24.6 Å². The molecule has 26 heavy (non-hydrogen) atoms. The highest BCUT2D eigenvalue weighted by Crippen LogP contribution is 2.30. The van der Waals surface area contributed by atoms with Crippen molar-refractivity contribution in [2.24, 2.45) is 4.99 Å². The Balaban J connectivity index is 2.88. The van der Waals surface area contributed by atoms with Crippen molar-refractivity contribution in [3.8, 4) is 0 Å². The highest BCUT2D eigenvalue weighted by molar-refractivity contribution is 5.85. The number of aliphatic imine (C=N–C) groups is 1. The lowest BCUT2D eigenvalue weighted by Crippen LogP contribution is -2.41. The molecule has 0 spiro atoms. The van der Waals surface area contributed by atoms with E-state index in [1.807, 2.05) is 0 Å². The predicted octanol–water partition coefficient (Wildman–Crippen LogP) is 2.04. The lowest BCUT2D eigenvalue weighted by Gasteiger charge is -2.20. The van der Waals surface area contributed by atoms with Crippen molar-refractivity contribution in [1.82, 2.24) is 15.5 Å². The molecule has 1 amide bonds. The van der Waals surface area contributed by atoms with Crippen molar-refractivity contribution in [3.05, 3.63) is 35.4 Å². The van der Waals surface area contributed by atoms with Crippen LogP contribution in [-0.2, 0) is 15.7 Å². The van der Waals surface area contributed by atoms with E-state index in [1.54, 1.807) is 34.2 Å². The molecule has 1 aromatic carbocycles. The Hall–Kier alpha value is -2.29. The van der Waals surface area contributed by atoms with Gasteiger partial charge in [0.1, 0.15) is 6.54 Å². The fraction of sp³-hybridized carbons (Fsp3) is 0.529. The number of guanidine groups is 1. The number of nitrogens with one attached hydrogen (secondary N) is 2. The van der Waals surface area contributed by atoms with Gasteiger partial charge in [-0.2, -0.15) is 13.2 Å². The number of hydrogen-bond donors (Lipinski definition) is 2. The van der Waals surface area contributed by atoms with Gasteiger partial charge in [-0.15, -0.1) is 0 Å². The van der Waals surface area contributed by atoms with E-state index in [9.17, 15) is 18.0 Å². The molecule has 0 radical (unpaired) electrons. The van der Waals surface area contributed by atoms with E-state index in [2.05, 4.69) is 15.6 Å². The zero-order valence-electron chi connectivity index (χ0n) is 15.4. The SMILES string of the molecule is COCCNC(=NCC(=O)N(C)C)NC(C)c1cccc(C(F)(F)F)c1. The van der Waals surface area contributed by atoms with Gasteiger partial charge in [-0.1, -0.05) is 12.1 Å². The van der Waals surface area contributed by atoms with Gasteiger partial charge in [0.05, 0.1) is 18.2 Å². The number of alkyl halides is 3. The lowest BCUT2D eigenvalue weighted by molar-refractivity contribution is -0.137. The zero-order chi connectivity index (χ0) is 19.7. The van der Waals surface area contributed by atoms with Crippen molar-refractivity contribution < 1.29 is 22.7 Å². The van der Waals surface area contributed by atoms with Gasteiger partial charge >= 0.3 is 6.18 Å². The number of amides is 1. The van der Waals surface area contributed by atoms with Gasteiger partial charge in [0.2, 0.25) is 5.91 Å². The summed E-state index contributed by atoms with van der Waals surface area (Å²) in [6, 6.07) is 4.64. The van der Waals surface area contributed by atoms with Crippen LogP contribution in [0, 0.1) is 0 Å². The van der Waals surface area contributed by atoms with Crippen LogP contribution < -0.4 is 10.6 Å².